The molecule has 0 N–H and O–H groups in total. The van der Waals surface area contributed by atoms with Gasteiger partial charge in [-0.2, -0.15) is 0 Å². The average molecular weight is 1060 g/mol. The summed E-state index contributed by atoms with van der Waals surface area (Å²) in [6.45, 7) is 6.56. The molecule has 6 nitrogen and oxygen atoms in total. The fourth-order valence-electron chi connectivity index (χ4n) is 9.79. The van der Waals surface area contributed by atoms with Gasteiger partial charge < -0.3 is 14.2 Å². The van der Waals surface area contributed by atoms with Crippen molar-refractivity contribution in [2.24, 2.45) is 0 Å². The molecule has 0 radical (unpaired) electrons. The van der Waals surface area contributed by atoms with Crippen molar-refractivity contribution in [1.29, 1.82) is 0 Å². The number of ether oxygens (including phenoxy) is 3. The van der Waals surface area contributed by atoms with Gasteiger partial charge in [0.25, 0.3) is 0 Å². The minimum absolute atomic E-state index is 0.0717. The van der Waals surface area contributed by atoms with Gasteiger partial charge in [0.1, 0.15) is 13.2 Å². The quantitative estimate of drug-likeness (QED) is 0.0261. The van der Waals surface area contributed by atoms with Gasteiger partial charge in [0.2, 0.25) is 0 Å². The van der Waals surface area contributed by atoms with Crippen LogP contribution in [0.2, 0.25) is 0 Å². The summed E-state index contributed by atoms with van der Waals surface area (Å²) in [7, 11) is 0. The lowest BCUT2D eigenvalue weighted by Crippen LogP contribution is -2.30. The van der Waals surface area contributed by atoms with E-state index in [1.54, 1.807) is 0 Å². The highest BCUT2D eigenvalue weighted by Crippen LogP contribution is 2.18. The van der Waals surface area contributed by atoms with Crippen LogP contribution in [-0.4, -0.2) is 37.2 Å². The molecule has 0 aliphatic rings. The van der Waals surface area contributed by atoms with Crippen LogP contribution in [0, 0.1) is 0 Å². The molecule has 0 rings (SSSR count). The van der Waals surface area contributed by atoms with Crippen molar-refractivity contribution in [1.82, 2.24) is 0 Å². The first-order valence-corrected chi connectivity index (χ1v) is 33.3. The third-order valence-corrected chi connectivity index (χ3v) is 14.8. The second kappa shape index (κ2) is 64.6. The van der Waals surface area contributed by atoms with Crippen molar-refractivity contribution in [3.8, 4) is 0 Å². The zero-order valence-electron chi connectivity index (χ0n) is 50.8. The Morgan fingerprint density at radius 1 is 0.276 bits per heavy atom. The summed E-state index contributed by atoms with van der Waals surface area (Å²) in [4.78, 5) is 38.3. The molecule has 0 aliphatic carbocycles. The van der Waals surface area contributed by atoms with E-state index in [1.807, 2.05) is 0 Å². The number of rotatable bonds is 61. The van der Waals surface area contributed by atoms with Crippen LogP contribution in [0.4, 0.5) is 0 Å². The lowest BCUT2D eigenvalue weighted by atomic mass is 10.0. The topological polar surface area (TPSA) is 78.9 Å². The second-order valence-corrected chi connectivity index (χ2v) is 22.4. The number of hydrogen-bond donors (Lipinski definition) is 0. The highest BCUT2D eigenvalue weighted by atomic mass is 16.6. The number of allylic oxidation sites excluding steroid dienone is 10. The molecule has 0 bridgehead atoms. The van der Waals surface area contributed by atoms with Crippen molar-refractivity contribution < 1.29 is 28.6 Å². The van der Waals surface area contributed by atoms with Gasteiger partial charge in [0, 0.05) is 19.3 Å². The molecule has 76 heavy (non-hydrogen) atoms. The summed E-state index contributed by atoms with van der Waals surface area (Å²) in [6.07, 6.45) is 82.4. The number of unbranched alkanes of at least 4 members (excludes halogenated alkanes) is 40. The van der Waals surface area contributed by atoms with Gasteiger partial charge in [-0.1, -0.05) is 306 Å². The predicted octanol–water partition coefficient (Wildman–Crippen LogP) is 22.7. The zero-order chi connectivity index (χ0) is 55.0. The Bertz CT molecular complexity index is 1360. The molecule has 0 saturated carbocycles. The van der Waals surface area contributed by atoms with E-state index >= 15 is 0 Å². The molecule has 0 aromatic carbocycles. The first-order chi connectivity index (χ1) is 37.5. The van der Waals surface area contributed by atoms with Crippen LogP contribution in [0.5, 0.6) is 0 Å². The summed E-state index contributed by atoms with van der Waals surface area (Å²) in [5, 5.41) is 0. The van der Waals surface area contributed by atoms with Crippen molar-refractivity contribution in [3.05, 3.63) is 60.8 Å². The lowest BCUT2D eigenvalue weighted by molar-refractivity contribution is -0.167. The van der Waals surface area contributed by atoms with Crippen LogP contribution >= 0.6 is 0 Å². The van der Waals surface area contributed by atoms with Crippen molar-refractivity contribution in [2.75, 3.05) is 13.2 Å². The van der Waals surface area contributed by atoms with Crippen LogP contribution in [0.25, 0.3) is 0 Å². The van der Waals surface area contributed by atoms with Crippen LogP contribution in [0.1, 0.15) is 348 Å². The maximum absolute atomic E-state index is 12.9. The molecule has 0 saturated heterocycles. The van der Waals surface area contributed by atoms with E-state index in [9.17, 15) is 14.4 Å². The van der Waals surface area contributed by atoms with E-state index in [0.29, 0.717) is 19.3 Å². The molecule has 0 fully saturated rings. The number of carbonyl (C=O) groups excluding carboxylic acids is 3. The molecule has 0 spiro atoms. The molecule has 442 valence electrons. The Labute approximate surface area is 472 Å². The Kier molecular flexibility index (Phi) is 62.2. The third-order valence-electron chi connectivity index (χ3n) is 14.8. The summed E-state index contributed by atoms with van der Waals surface area (Å²) in [6, 6.07) is 0. The maximum atomic E-state index is 12.9. The molecule has 1 unspecified atom stereocenters. The SMILES string of the molecule is CC/C=C\C/C=C\C/C=C\C/C=C\CCCCCCCCCCCCCCCCCCC(=O)OCC(COC(=O)CCCCCCC/C=C\CCCCCCC)OC(=O)CCCCCCCCCCCCCCCCC. The maximum Gasteiger partial charge on any atom is 0.306 e. The summed E-state index contributed by atoms with van der Waals surface area (Å²) < 4.78 is 16.9. The van der Waals surface area contributed by atoms with E-state index in [4.69, 9.17) is 14.2 Å². The molecular formula is C70H126O6. The minimum Gasteiger partial charge on any atom is -0.462 e. The summed E-state index contributed by atoms with van der Waals surface area (Å²) >= 11 is 0. The Hall–Kier alpha value is -2.89. The fourth-order valence-corrected chi connectivity index (χ4v) is 9.79. The number of esters is 3. The Balaban J connectivity index is 4.19. The minimum atomic E-state index is -0.774. The van der Waals surface area contributed by atoms with Crippen LogP contribution in [-0.2, 0) is 28.6 Å². The standard InChI is InChI=1S/C70H126O6/c1-4-7-10-13-16-19-22-25-28-29-30-31-32-33-34-35-36-37-38-39-40-41-43-45-48-51-54-57-60-63-69(72)75-66-67(65-74-68(71)62-59-56-53-50-47-44-27-24-21-18-15-12-9-6-3)76-70(73)64-61-58-55-52-49-46-42-26-23-20-17-14-11-8-5-2/h7,10,16,19,24-25,27-28,30-31,67H,4-6,8-9,11-15,17-18,20-23,26,29,32-66H2,1-3H3/b10-7-,19-16-,27-24-,28-25-,31-30-. The molecule has 0 amide bonds. The third kappa shape index (κ3) is 62.0. The van der Waals surface area contributed by atoms with Crippen LogP contribution < -0.4 is 0 Å². The fraction of sp³-hybridized carbons (Fsp3) is 0.814. The van der Waals surface area contributed by atoms with Gasteiger partial charge in [-0.3, -0.25) is 14.4 Å². The summed E-state index contributed by atoms with van der Waals surface area (Å²) in [5.74, 6) is -0.858. The smallest absolute Gasteiger partial charge is 0.306 e. The molecular weight excluding hydrogens is 937 g/mol. The monoisotopic (exact) mass is 1060 g/mol. The van der Waals surface area contributed by atoms with E-state index in [0.717, 1.165) is 89.9 Å². The molecule has 1 atom stereocenters. The van der Waals surface area contributed by atoms with Gasteiger partial charge in [0.05, 0.1) is 0 Å². The Morgan fingerprint density at radius 2 is 0.513 bits per heavy atom. The van der Waals surface area contributed by atoms with Gasteiger partial charge in [0.15, 0.2) is 6.10 Å². The van der Waals surface area contributed by atoms with Crippen LogP contribution in [0.3, 0.4) is 0 Å². The van der Waals surface area contributed by atoms with E-state index in [-0.39, 0.29) is 31.1 Å². The second-order valence-electron chi connectivity index (χ2n) is 22.4. The first kappa shape index (κ1) is 73.1. The normalized spacial score (nSPS) is 12.4. The Morgan fingerprint density at radius 3 is 0.816 bits per heavy atom. The summed E-state index contributed by atoms with van der Waals surface area (Å²) in [5.41, 5.74) is 0. The highest BCUT2D eigenvalue weighted by molar-refractivity contribution is 5.71. The highest BCUT2D eigenvalue weighted by Gasteiger charge is 2.19. The molecule has 0 heterocycles. The van der Waals surface area contributed by atoms with E-state index in [1.165, 1.54) is 218 Å². The molecule has 6 heteroatoms. The molecule has 0 aliphatic heterocycles. The van der Waals surface area contributed by atoms with Crippen molar-refractivity contribution in [2.45, 2.75) is 354 Å². The molecule has 0 aromatic rings. The van der Waals surface area contributed by atoms with Crippen molar-refractivity contribution in [3.63, 3.8) is 0 Å². The van der Waals surface area contributed by atoms with E-state index < -0.39 is 6.10 Å². The first-order valence-electron chi connectivity index (χ1n) is 33.3. The van der Waals surface area contributed by atoms with Crippen molar-refractivity contribution >= 4 is 17.9 Å². The molecule has 0 aromatic heterocycles. The van der Waals surface area contributed by atoms with E-state index in [2.05, 4.69) is 81.5 Å². The van der Waals surface area contributed by atoms with Gasteiger partial charge in [-0.25, -0.2) is 0 Å². The zero-order valence-corrected chi connectivity index (χ0v) is 50.8. The lowest BCUT2D eigenvalue weighted by Gasteiger charge is -2.18. The van der Waals surface area contributed by atoms with Gasteiger partial charge in [-0.05, 0) is 83.5 Å². The largest absolute Gasteiger partial charge is 0.462 e. The van der Waals surface area contributed by atoms with Crippen LogP contribution in [0.15, 0.2) is 60.8 Å². The predicted molar refractivity (Wildman–Crippen MR) is 330 cm³/mol. The van der Waals surface area contributed by atoms with Gasteiger partial charge >= 0.3 is 17.9 Å². The average Bonchev–Trinajstić information content (AvgIpc) is 3.42. The van der Waals surface area contributed by atoms with Gasteiger partial charge in [-0.15, -0.1) is 0 Å². The number of hydrogen-bond acceptors (Lipinski definition) is 6. The number of carbonyl (C=O) groups is 3.